The molecule has 1 N–H and O–H groups in total. The lowest BCUT2D eigenvalue weighted by Gasteiger charge is -2.12. The lowest BCUT2D eigenvalue weighted by molar-refractivity contribution is -0.150. The van der Waals surface area contributed by atoms with E-state index in [0.29, 0.717) is 21.2 Å². The highest BCUT2D eigenvalue weighted by atomic mass is 79.9. The molecule has 2 heterocycles. The van der Waals surface area contributed by atoms with E-state index in [4.69, 9.17) is 31.4 Å². The third-order valence-corrected chi connectivity index (χ3v) is 6.02. The van der Waals surface area contributed by atoms with Crippen molar-refractivity contribution in [3.05, 3.63) is 80.8 Å². The van der Waals surface area contributed by atoms with Crippen LogP contribution in [0.2, 0.25) is 5.02 Å². The van der Waals surface area contributed by atoms with E-state index in [1.807, 2.05) is 6.07 Å². The highest BCUT2D eigenvalue weighted by Crippen LogP contribution is 2.36. The maximum Gasteiger partial charge on any atom is 0.308 e. The average Bonchev–Trinajstić information content (AvgIpc) is 3.22. The quantitative estimate of drug-likeness (QED) is 0.251. The van der Waals surface area contributed by atoms with Gasteiger partial charge in [-0.3, -0.25) is 9.59 Å². The number of hydrogen-bond acceptors (Lipinski definition) is 7. The fourth-order valence-corrected chi connectivity index (χ4v) is 4.11. The van der Waals surface area contributed by atoms with Crippen LogP contribution in [0.1, 0.15) is 29.7 Å². The van der Waals surface area contributed by atoms with Gasteiger partial charge in [0.25, 0.3) is 0 Å². The van der Waals surface area contributed by atoms with Crippen molar-refractivity contribution < 1.29 is 28.6 Å². The fraction of sp³-hybridized carbons (Fsp3) is 0.160. The van der Waals surface area contributed by atoms with Gasteiger partial charge in [-0.1, -0.05) is 17.7 Å². The second kappa shape index (κ2) is 11.4. The minimum atomic E-state index is -1.11. The molecule has 0 bridgehead atoms. The highest BCUT2D eigenvalue weighted by Gasteiger charge is 2.19. The van der Waals surface area contributed by atoms with Gasteiger partial charge in [0.05, 0.1) is 34.6 Å². The molecule has 188 valence electrons. The summed E-state index contributed by atoms with van der Waals surface area (Å²) in [6.45, 7) is -0.279. The van der Waals surface area contributed by atoms with E-state index >= 15 is 4.39 Å². The van der Waals surface area contributed by atoms with E-state index in [0.717, 1.165) is 0 Å². The molecule has 0 spiro atoms. The molecule has 2 aromatic carbocycles. The summed E-state index contributed by atoms with van der Waals surface area (Å²) >= 11 is 9.34. The summed E-state index contributed by atoms with van der Waals surface area (Å²) in [5, 5.41) is 23.2. The van der Waals surface area contributed by atoms with Crippen LogP contribution in [0.3, 0.4) is 0 Å². The van der Waals surface area contributed by atoms with Gasteiger partial charge in [-0.2, -0.15) is 10.4 Å². The summed E-state index contributed by atoms with van der Waals surface area (Å²) in [5.41, 5.74) is 1.44. The third kappa shape index (κ3) is 6.22. The van der Waals surface area contributed by atoms with Gasteiger partial charge in [0, 0.05) is 23.0 Å². The molecule has 0 fully saturated rings. The summed E-state index contributed by atoms with van der Waals surface area (Å²) in [5.74, 6) is -2.32. The van der Waals surface area contributed by atoms with Gasteiger partial charge < -0.3 is 14.6 Å². The topological polar surface area (TPSA) is 127 Å². The van der Waals surface area contributed by atoms with Crippen molar-refractivity contribution in [3.63, 3.8) is 0 Å². The zero-order chi connectivity index (χ0) is 26.5. The predicted octanol–water partition coefficient (Wildman–Crippen LogP) is 5.61. The van der Waals surface area contributed by atoms with E-state index in [1.54, 1.807) is 30.5 Å². The largest absolute Gasteiger partial charge is 0.481 e. The summed E-state index contributed by atoms with van der Waals surface area (Å²) in [6, 6.07) is 13.0. The Hall–Kier alpha value is -4.01. The number of halogens is 3. The normalized spacial score (nSPS) is 10.8. The van der Waals surface area contributed by atoms with Crippen molar-refractivity contribution in [3.8, 4) is 17.6 Å². The summed E-state index contributed by atoms with van der Waals surface area (Å²) < 4.78 is 28.2. The second-order valence-electron chi connectivity index (χ2n) is 7.78. The summed E-state index contributed by atoms with van der Waals surface area (Å²) in [6.07, 6.45) is 0.993. The van der Waals surface area contributed by atoms with Gasteiger partial charge in [-0.25, -0.2) is 14.1 Å². The zero-order valence-electron chi connectivity index (χ0n) is 19.0. The molecule has 12 heteroatoms. The fourth-order valence-electron chi connectivity index (χ4n) is 3.50. The Balaban J connectivity index is 1.60. The van der Waals surface area contributed by atoms with Gasteiger partial charge in [-0.15, -0.1) is 0 Å². The first kappa shape index (κ1) is 26.1. The average molecular weight is 588 g/mol. The first-order valence-electron chi connectivity index (χ1n) is 10.8. The lowest BCUT2D eigenvalue weighted by atomic mass is 10.1. The SMILES string of the molecule is N#Cc1cc(Cl)cc(Oc2c(Br)ccc(Cc3nn(COC(=O)CCC(=O)O)c4ncccc34)c2F)c1. The third-order valence-electron chi connectivity index (χ3n) is 5.18. The molecule has 0 radical (unpaired) electrons. The number of ether oxygens (including phenoxy) is 2. The van der Waals surface area contributed by atoms with Crippen molar-refractivity contribution in [1.82, 2.24) is 14.8 Å². The summed E-state index contributed by atoms with van der Waals surface area (Å²) in [4.78, 5) is 26.8. The molecule has 0 aliphatic carbocycles. The first-order chi connectivity index (χ1) is 17.7. The molecular formula is C25H17BrClFN4O5. The molecule has 0 unspecified atom stereocenters. The molecule has 0 saturated carbocycles. The van der Waals surface area contributed by atoms with E-state index in [1.165, 1.54) is 22.9 Å². The molecule has 0 amide bonds. The van der Waals surface area contributed by atoms with E-state index in [-0.39, 0.29) is 53.6 Å². The maximum atomic E-state index is 15.6. The zero-order valence-corrected chi connectivity index (χ0v) is 21.3. The van der Waals surface area contributed by atoms with Crippen LogP contribution in [-0.2, 0) is 27.5 Å². The number of carboxylic acid groups (broad SMARTS) is 1. The molecule has 0 saturated heterocycles. The molecule has 4 rings (SSSR count). The van der Waals surface area contributed by atoms with E-state index in [2.05, 4.69) is 26.0 Å². The number of fused-ring (bicyclic) bond motifs is 1. The molecule has 37 heavy (non-hydrogen) atoms. The Bertz CT molecular complexity index is 1550. The molecule has 2 aromatic heterocycles. The molecule has 4 aromatic rings. The number of aliphatic carboxylic acids is 1. The monoisotopic (exact) mass is 586 g/mol. The van der Waals surface area contributed by atoms with Crippen molar-refractivity contribution in [2.75, 3.05) is 0 Å². The second-order valence-corrected chi connectivity index (χ2v) is 9.07. The molecule has 9 nitrogen and oxygen atoms in total. The number of carbonyl (C=O) groups is 2. The van der Waals surface area contributed by atoms with E-state index in [9.17, 15) is 9.59 Å². The molecular weight excluding hydrogens is 571 g/mol. The minimum Gasteiger partial charge on any atom is -0.481 e. The maximum absolute atomic E-state index is 15.6. The minimum absolute atomic E-state index is 0.0661. The smallest absolute Gasteiger partial charge is 0.308 e. The van der Waals surface area contributed by atoms with Crippen LogP contribution >= 0.6 is 27.5 Å². The number of nitrogens with zero attached hydrogens (tertiary/aromatic N) is 4. The number of esters is 1. The van der Waals surface area contributed by atoms with Crippen molar-refractivity contribution in [2.45, 2.75) is 26.0 Å². The Morgan fingerprint density at radius 3 is 2.78 bits per heavy atom. The number of aromatic nitrogens is 3. The number of carboxylic acids is 1. The number of nitriles is 1. The van der Waals surface area contributed by atoms with Crippen LogP contribution < -0.4 is 4.74 Å². The Labute approximate surface area is 223 Å². The predicted molar refractivity (Wildman–Crippen MR) is 134 cm³/mol. The van der Waals surface area contributed by atoms with E-state index < -0.39 is 17.8 Å². The Morgan fingerprint density at radius 2 is 2.03 bits per heavy atom. The van der Waals surface area contributed by atoms with Crippen molar-refractivity contribution in [2.24, 2.45) is 0 Å². The van der Waals surface area contributed by atoms with Crippen LogP contribution in [-0.4, -0.2) is 31.8 Å². The highest BCUT2D eigenvalue weighted by molar-refractivity contribution is 9.10. The van der Waals surface area contributed by atoms with Crippen LogP contribution in [0.15, 0.2) is 53.1 Å². The van der Waals surface area contributed by atoms with Crippen LogP contribution in [0.4, 0.5) is 4.39 Å². The Morgan fingerprint density at radius 1 is 1.22 bits per heavy atom. The van der Waals surface area contributed by atoms with Gasteiger partial charge in [0.2, 0.25) is 0 Å². The number of rotatable bonds is 9. The van der Waals surface area contributed by atoms with Gasteiger partial charge >= 0.3 is 11.9 Å². The van der Waals surface area contributed by atoms with Crippen LogP contribution in [0, 0.1) is 17.1 Å². The first-order valence-corrected chi connectivity index (χ1v) is 12.0. The van der Waals surface area contributed by atoms with Gasteiger partial charge in [-0.05, 0) is 57.9 Å². The van der Waals surface area contributed by atoms with Crippen LogP contribution in [0.25, 0.3) is 11.0 Å². The number of carbonyl (C=O) groups excluding carboxylic acids is 1. The Kier molecular flexibility index (Phi) is 8.01. The van der Waals surface area contributed by atoms with Crippen molar-refractivity contribution in [1.29, 1.82) is 5.26 Å². The summed E-state index contributed by atoms with van der Waals surface area (Å²) in [7, 11) is 0. The van der Waals surface area contributed by atoms with Crippen molar-refractivity contribution >= 4 is 50.5 Å². The molecule has 0 aliphatic heterocycles. The number of hydrogen-bond donors (Lipinski definition) is 1. The lowest BCUT2D eigenvalue weighted by Crippen LogP contribution is -2.12. The number of pyridine rings is 1. The molecule has 0 aliphatic rings. The standard InChI is InChI=1S/C25H17BrClFN4O5/c26-19-4-3-15(23(28)24(19)37-17-9-14(12-29)8-16(27)11-17)10-20-18-2-1-7-30-25(18)32(31-20)13-36-22(35)6-5-21(33)34/h1-4,7-9,11H,5-6,10,13H2,(H,33,34). The van der Waals surface area contributed by atoms with Crippen LogP contribution in [0.5, 0.6) is 11.5 Å². The molecule has 0 atom stereocenters. The van der Waals surface area contributed by atoms with Gasteiger partial charge in [0.1, 0.15) is 5.75 Å². The van der Waals surface area contributed by atoms with Gasteiger partial charge in [0.15, 0.2) is 23.9 Å². The number of benzene rings is 2.